The summed E-state index contributed by atoms with van der Waals surface area (Å²) in [7, 11) is -1.79. The average molecular weight is 407 g/mol. The standard InChI is InChI=1S/C23H38O4Si/c1-7-20-19(24)13-14-22(27-20)21(25-17-18-11-9-8-10-12-18)15-16-26-28(5,6)23(2,3)4/h7-12,19-22,24H,1,13-17H2,2-6H3/t19-,20+,21+,22+/m1/s1. The number of hydrogen-bond donors (Lipinski definition) is 1. The highest BCUT2D eigenvalue weighted by atomic mass is 28.4. The maximum absolute atomic E-state index is 10.1. The van der Waals surface area contributed by atoms with E-state index in [4.69, 9.17) is 13.9 Å². The average Bonchev–Trinajstić information content (AvgIpc) is 2.65. The summed E-state index contributed by atoms with van der Waals surface area (Å²) in [6, 6.07) is 10.2. The van der Waals surface area contributed by atoms with Crippen molar-refractivity contribution in [2.45, 2.75) is 89.2 Å². The van der Waals surface area contributed by atoms with Crippen LogP contribution < -0.4 is 0 Å². The van der Waals surface area contributed by atoms with Gasteiger partial charge in [-0.2, -0.15) is 0 Å². The number of ether oxygens (including phenoxy) is 2. The Labute approximate surface area is 172 Å². The Kier molecular flexibility index (Phi) is 8.46. The zero-order valence-electron chi connectivity index (χ0n) is 18.2. The Morgan fingerprint density at radius 1 is 1.25 bits per heavy atom. The van der Waals surface area contributed by atoms with Crippen molar-refractivity contribution in [2.75, 3.05) is 6.61 Å². The van der Waals surface area contributed by atoms with Crippen LogP contribution in [0.4, 0.5) is 0 Å². The molecule has 2 rings (SSSR count). The molecule has 28 heavy (non-hydrogen) atoms. The van der Waals surface area contributed by atoms with E-state index in [1.807, 2.05) is 18.2 Å². The van der Waals surface area contributed by atoms with Crippen molar-refractivity contribution < 1.29 is 19.0 Å². The van der Waals surface area contributed by atoms with Crippen molar-refractivity contribution in [1.29, 1.82) is 0 Å². The van der Waals surface area contributed by atoms with Crippen LogP contribution in [0.1, 0.15) is 45.6 Å². The molecular formula is C23H38O4Si. The molecule has 1 N–H and O–H groups in total. The molecule has 1 fully saturated rings. The highest BCUT2D eigenvalue weighted by Crippen LogP contribution is 2.37. The first-order valence-electron chi connectivity index (χ1n) is 10.4. The van der Waals surface area contributed by atoms with Gasteiger partial charge in [0, 0.05) is 6.61 Å². The topological polar surface area (TPSA) is 47.9 Å². The summed E-state index contributed by atoms with van der Waals surface area (Å²) in [4.78, 5) is 0. The van der Waals surface area contributed by atoms with Crippen LogP contribution in [0.25, 0.3) is 0 Å². The molecule has 0 spiro atoms. The lowest BCUT2D eigenvalue weighted by Gasteiger charge is -2.38. The van der Waals surface area contributed by atoms with Gasteiger partial charge in [0.2, 0.25) is 0 Å². The lowest BCUT2D eigenvalue weighted by molar-refractivity contribution is -0.153. The molecule has 1 aliphatic rings. The number of rotatable bonds is 9. The van der Waals surface area contributed by atoms with Crippen LogP contribution in [-0.4, -0.2) is 44.4 Å². The van der Waals surface area contributed by atoms with Crippen LogP contribution in [0, 0.1) is 0 Å². The second-order valence-corrected chi connectivity index (χ2v) is 14.1. The molecule has 0 aromatic heterocycles. The molecular weight excluding hydrogens is 368 g/mol. The minimum atomic E-state index is -1.79. The summed E-state index contributed by atoms with van der Waals surface area (Å²) in [6.07, 6.45) is 3.02. The molecule has 0 amide bonds. The minimum Gasteiger partial charge on any atom is -0.417 e. The fraction of sp³-hybridized carbons (Fsp3) is 0.652. The summed E-state index contributed by atoms with van der Waals surface area (Å²) >= 11 is 0. The van der Waals surface area contributed by atoms with E-state index >= 15 is 0 Å². The van der Waals surface area contributed by atoms with E-state index in [-0.39, 0.29) is 23.4 Å². The van der Waals surface area contributed by atoms with Gasteiger partial charge < -0.3 is 19.0 Å². The first-order valence-corrected chi connectivity index (χ1v) is 13.3. The Hall–Kier alpha value is -0.983. The van der Waals surface area contributed by atoms with Crippen LogP contribution in [0.3, 0.4) is 0 Å². The van der Waals surface area contributed by atoms with Crippen molar-refractivity contribution in [3.8, 4) is 0 Å². The molecule has 1 aromatic carbocycles. The number of aliphatic hydroxyl groups excluding tert-OH is 1. The van der Waals surface area contributed by atoms with Crippen molar-refractivity contribution in [1.82, 2.24) is 0 Å². The fourth-order valence-corrected chi connectivity index (χ4v) is 4.21. The van der Waals surface area contributed by atoms with Gasteiger partial charge in [-0.15, -0.1) is 6.58 Å². The lowest BCUT2D eigenvalue weighted by Crippen LogP contribution is -2.45. The van der Waals surface area contributed by atoms with Crippen LogP contribution in [-0.2, 0) is 20.5 Å². The molecule has 0 bridgehead atoms. The van der Waals surface area contributed by atoms with E-state index < -0.39 is 14.4 Å². The largest absolute Gasteiger partial charge is 0.417 e. The van der Waals surface area contributed by atoms with Gasteiger partial charge in [-0.1, -0.05) is 57.2 Å². The molecule has 1 aromatic rings. The van der Waals surface area contributed by atoms with Crippen molar-refractivity contribution in [3.05, 3.63) is 48.6 Å². The van der Waals surface area contributed by atoms with Gasteiger partial charge in [0.25, 0.3) is 0 Å². The van der Waals surface area contributed by atoms with E-state index in [9.17, 15) is 5.11 Å². The monoisotopic (exact) mass is 406 g/mol. The highest BCUT2D eigenvalue weighted by molar-refractivity contribution is 6.74. The van der Waals surface area contributed by atoms with Gasteiger partial charge in [-0.05, 0) is 43.0 Å². The van der Waals surface area contributed by atoms with E-state index in [1.165, 1.54) is 0 Å². The first kappa shape index (κ1) is 23.3. The smallest absolute Gasteiger partial charge is 0.191 e. The SMILES string of the molecule is C=C[C@@H]1O[C@H]([C@H](CCO[Si](C)(C)C(C)(C)C)OCc2ccccc2)CC[C@H]1O. The number of hydrogen-bond acceptors (Lipinski definition) is 4. The summed E-state index contributed by atoms with van der Waals surface area (Å²) < 4.78 is 18.8. The third-order valence-corrected chi connectivity index (χ3v) is 10.6. The summed E-state index contributed by atoms with van der Waals surface area (Å²) in [5, 5.41) is 10.3. The maximum atomic E-state index is 10.1. The molecule has 0 unspecified atom stereocenters. The second-order valence-electron chi connectivity index (χ2n) is 9.25. The summed E-state index contributed by atoms with van der Waals surface area (Å²) in [5.41, 5.74) is 1.15. The van der Waals surface area contributed by atoms with Crippen molar-refractivity contribution >= 4 is 8.32 Å². The predicted octanol–water partition coefficient (Wildman–Crippen LogP) is 5.08. The quantitative estimate of drug-likeness (QED) is 0.459. The molecule has 4 atom stereocenters. The van der Waals surface area contributed by atoms with E-state index in [0.29, 0.717) is 19.6 Å². The summed E-state index contributed by atoms with van der Waals surface area (Å²) in [5.74, 6) is 0. The van der Waals surface area contributed by atoms with Crippen molar-refractivity contribution in [3.63, 3.8) is 0 Å². The molecule has 0 saturated carbocycles. The molecule has 1 saturated heterocycles. The molecule has 4 nitrogen and oxygen atoms in total. The van der Waals surface area contributed by atoms with Gasteiger partial charge in [-0.3, -0.25) is 0 Å². The molecule has 5 heteroatoms. The van der Waals surface area contributed by atoms with Gasteiger partial charge in [0.15, 0.2) is 8.32 Å². The Morgan fingerprint density at radius 2 is 1.93 bits per heavy atom. The van der Waals surface area contributed by atoms with Crippen LogP contribution >= 0.6 is 0 Å². The number of aliphatic hydroxyl groups is 1. The maximum Gasteiger partial charge on any atom is 0.191 e. The van der Waals surface area contributed by atoms with Gasteiger partial charge in [0.05, 0.1) is 24.9 Å². The summed E-state index contributed by atoms with van der Waals surface area (Å²) in [6.45, 7) is 16.3. The Balaban J connectivity index is 2.00. The third-order valence-electron chi connectivity index (χ3n) is 6.08. The van der Waals surface area contributed by atoms with Crippen LogP contribution in [0.15, 0.2) is 43.0 Å². The first-order chi connectivity index (χ1) is 13.1. The third kappa shape index (κ3) is 6.53. The van der Waals surface area contributed by atoms with Crippen LogP contribution in [0.5, 0.6) is 0 Å². The molecule has 1 aliphatic heterocycles. The second kappa shape index (κ2) is 10.2. The molecule has 158 valence electrons. The van der Waals surface area contributed by atoms with Crippen LogP contribution in [0.2, 0.25) is 18.1 Å². The highest BCUT2D eigenvalue weighted by Gasteiger charge is 2.38. The number of benzene rings is 1. The normalized spacial score (nSPS) is 24.7. The zero-order chi connectivity index (χ0) is 20.8. The van der Waals surface area contributed by atoms with E-state index in [2.05, 4.69) is 52.6 Å². The minimum absolute atomic E-state index is 0.0573. The Bertz CT molecular complexity index is 596. The van der Waals surface area contributed by atoms with E-state index in [0.717, 1.165) is 18.4 Å². The zero-order valence-corrected chi connectivity index (χ0v) is 19.2. The van der Waals surface area contributed by atoms with E-state index in [1.54, 1.807) is 6.08 Å². The van der Waals surface area contributed by atoms with Gasteiger partial charge >= 0.3 is 0 Å². The molecule has 0 aliphatic carbocycles. The molecule has 0 radical (unpaired) electrons. The Morgan fingerprint density at radius 3 is 2.54 bits per heavy atom. The van der Waals surface area contributed by atoms with Gasteiger partial charge in [0.1, 0.15) is 6.10 Å². The van der Waals surface area contributed by atoms with Gasteiger partial charge in [-0.25, -0.2) is 0 Å². The molecule has 1 heterocycles. The van der Waals surface area contributed by atoms with Crippen molar-refractivity contribution in [2.24, 2.45) is 0 Å². The predicted molar refractivity (Wildman–Crippen MR) is 117 cm³/mol. The fourth-order valence-electron chi connectivity index (χ4n) is 3.15. The lowest BCUT2D eigenvalue weighted by atomic mass is 9.96.